The summed E-state index contributed by atoms with van der Waals surface area (Å²) in [4.78, 5) is 27.2. The molecule has 1 atom stereocenters. The quantitative estimate of drug-likeness (QED) is 0.817. The third kappa shape index (κ3) is 4.84. The van der Waals surface area contributed by atoms with Gasteiger partial charge in [-0.1, -0.05) is 48.7 Å². The van der Waals surface area contributed by atoms with E-state index in [0.717, 1.165) is 37.0 Å². The van der Waals surface area contributed by atoms with Gasteiger partial charge in [0.05, 0.1) is 30.3 Å². The van der Waals surface area contributed by atoms with Crippen molar-refractivity contribution in [1.29, 1.82) is 0 Å². The van der Waals surface area contributed by atoms with Gasteiger partial charge in [0.15, 0.2) is 0 Å². The fourth-order valence-corrected chi connectivity index (χ4v) is 3.80. The second-order valence-corrected chi connectivity index (χ2v) is 7.30. The first kappa shape index (κ1) is 20.2. The fraction of sp³-hybridized carbons (Fsp3) is 0.364. The molecule has 1 aliphatic rings. The average Bonchev–Trinajstić information content (AvgIpc) is 2.98. The van der Waals surface area contributed by atoms with E-state index >= 15 is 0 Å². The molecular weight excluding hydrogens is 376 g/mol. The molecule has 5 nitrogen and oxygen atoms in total. The Morgan fingerprint density at radius 2 is 1.86 bits per heavy atom. The lowest BCUT2D eigenvalue weighted by atomic mass is 10.0. The maximum absolute atomic E-state index is 12.9. The Bertz CT molecular complexity index is 823. The SMILES string of the molecule is COc1ccc([C@@H]2CCCCCN2C(=O)CNC(=O)c2ccccc2Cl)cc1. The third-order valence-corrected chi connectivity index (χ3v) is 5.42. The predicted octanol–water partition coefficient (Wildman–Crippen LogP) is 4.22. The second kappa shape index (κ2) is 9.60. The molecule has 0 aromatic heterocycles. The van der Waals surface area contributed by atoms with Gasteiger partial charge in [-0.3, -0.25) is 9.59 Å². The van der Waals surface area contributed by atoms with Crippen LogP contribution in [0.25, 0.3) is 0 Å². The molecule has 2 amide bonds. The maximum Gasteiger partial charge on any atom is 0.253 e. The maximum atomic E-state index is 12.9. The molecule has 1 N–H and O–H groups in total. The monoisotopic (exact) mass is 400 g/mol. The third-order valence-electron chi connectivity index (χ3n) is 5.09. The number of carbonyl (C=O) groups is 2. The Balaban J connectivity index is 1.69. The molecule has 2 aromatic rings. The molecule has 0 spiro atoms. The number of ether oxygens (including phenoxy) is 1. The first-order valence-electron chi connectivity index (χ1n) is 9.56. The highest BCUT2D eigenvalue weighted by molar-refractivity contribution is 6.33. The van der Waals surface area contributed by atoms with E-state index in [4.69, 9.17) is 16.3 Å². The average molecular weight is 401 g/mol. The lowest BCUT2D eigenvalue weighted by Crippen LogP contribution is -2.42. The van der Waals surface area contributed by atoms with Crippen LogP contribution in [0.4, 0.5) is 0 Å². The Kier molecular flexibility index (Phi) is 6.93. The minimum atomic E-state index is -0.338. The molecule has 0 radical (unpaired) electrons. The molecular formula is C22H25ClN2O3. The number of nitrogens with one attached hydrogen (secondary N) is 1. The predicted molar refractivity (Wildman–Crippen MR) is 110 cm³/mol. The van der Waals surface area contributed by atoms with E-state index in [9.17, 15) is 9.59 Å². The number of halogens is 1. The molecule has 0 saturated carbocycles. The minimum Gasteiger partial charge on any atom is -0.497 e. The van der Waals surface area contributed by atoms with Crippen LogP contribution < -0.4 is 10.1 Å². The summed E-state index contributed by atoms with van der Waals surface area (Å²) in [5, 5.41) is 3.09. The topological polar surface area (TPSA) is 58.6 Å². The van der Waals surface area contributed by atoms with Gasteiger partial charge in [-0.2, -0.15) is 0 Å². The standard InChI is InChI=1S/C22H25ClN2O3/c1-28-17-12-10-16(11-13-17)20-9-3-2-6-14-25(20)21(26)15-24-22(27)18-7-4-5-8-19(18)23/h4-5,7-8,10-13,20H,2-3,6,9,14-15H2,1H3,(H,24,27)/t20-/m0/s1. The number of nitrogens with zero attached hydrogens (tertiary/aromatic N) is 1. The summed E-state index contributed by atoms with van der Waals surface area (Å²) in [7, 11) is 1.64. The van der Waals surface area contributed by atoms with Gasteiger partial charge in [0.2, 0.25) is 5.91 Å². The van der Waals surface area contributed by atoms with Crippen LogP contribution in [-0.4, -0.2) is 36.9 Å². The zero-order valence-corrected chi connectivity index (χ0v) is 16.7. The van der Waals surface area contributed by atoms with Crippen molar-refractivity contribution in [2.45, 2.75) is 31.7 Å². The van der Waals surface area contributed by atoms with Crippen LogP contribution in [-0.2, 0) is 4.79 Å². The minimum absolute atomic E-state index is 0.0121. The first-order chi connectivity index (χ1) is 13.6. The van der Waals surface area contributed by atoms with E-state index in [1.54, 1.807) is 31.4 Å². The molecule has 0 aliphatic carbocycles. The highest BCUT2D eigenvalue weighted by Crippen LogP contribution is 2.31. The van der Waals surface area contributed by atoms with E-state index in [1.807, 2.05) is 29.2 Å². The summed E-state index contributed by atoms with van der Waals surface area (Å²) >= 11 is 6.07. The van der Waals surface area contributed by atoms with Crippen molar-refractivity contribution in [2.75, 3.05) is 20.2 Å². The van der Waals surface area contributed by atoms with Crippen molar-refractivity contribution in [3.8, 4) is 5.75 Å². The summed E-state index contributed by atoms with van der Waals surface area (Å²) in [6.07, 6.45) is 4.06. The number of hydrogen-bond donors (Lipinski definition) is 1. The molecule has 0 unspecified atom stereocenters. The number of hydrogen-bond acceptors (Lipinski definition) is 3. The molecule has 1 saturated heterocycles. The van der Waals surface area contributed by atoms with Gasteiger partial charge in [0.1, 0.15) is 5.75 Å². The largest absolute Gasteiger partial charge is 0.497 e. The molecule has 1 heterocycles. The van der Waals surface area contributed by atoms with Crippen molar-refractivity contribution in [3.63, 3.8) is 0 Å². The Morgan fingerprint density at radius 3 is 2.57 bits per heavy atom. The van der Waals surface area contributed by atoms with E-state index in [-0.39, 0.29) is 24.4 Å². The van der Waals surface area contributed by atoms with E-state index in [0.29, 0.717) is 17.1 Å². The van der Waals surface area contributed by atoms with E-state index in [1.165, 1.54) is 0 Å². The van der Waals surface area contributed by atoms with Crippen LogP contribution in [0, 0.1) is 0 Å². The Labute approximate surface area is 170 Å². The first-order valence-corrected chi connectivity index (χ1v) is 9.94. The molecule has 1 fully saturated rings. The molecule has 1 aliphatic heterocycles. The van der Waals surface area contributed by atoms with Gasteiger partial charge in [0.25, 0.3) is 5.91 Å². The van der Waals surface area contributed by atoms with E-state index in [2.05, 4.69) is 5.32 Å². The van der Waals surface area contributed by atoms with Crippen LogP contribution in [0.5, 0.6) is 5.75 Å². The van der Waals surface area contributed by atoms with Crippen molar-refractivity contribution in [2.24, 2.45) is 0 Å². The highest BCUT2D eigenvalue weighted by atomic mass is 35.5. The van der Waals surface area contributed by atoms with Crippen LogP contribution in [0.15, 0.2) is 48.5 Å². The molecule has 3 rings (SSSR count). The number of likely N-dealkylation sites (tertiary alicyclic amines) is 1. The summed E-state index contributed by atoms with van der Waals surface area (Å²) < 4.78 is 5.23. The summed E-state index contributed by atoms with van der Waals surface area (Å²) in [6.45, 7) is 0.647. The van der Waals surface area contributed by atoms with Crippen LogP contribution in [0.1, 0.15) is 47.6 Å². The zero-order chi connectivity index (χ0) is 19.9. The number of methoxy groups -OCH3 is 1. The zero-order valence-electron chi connectivity index (χ0n) is 16.0. The molecule has 0 bridgehead atoms. The van der Waals surface area contributed by atoms with Crippen molar-refractivity contribution in [3.05, 3.63) is 64.7 Å². The van der Waals surface area contributed by atoms with Crippen molar-refractivity contribution in [1.82, 2.24) is 10.2 Å². The second-order valence-electron chi connectivity index (χ2n) is 6.89. The Hall–Kier alpha value is -2.53. The van der Waals surface area contributed by atoms with Gasteiger partial charge in [0, 0.05) is 6.54 Å². The summed E-state index contributed by atoms with van der Waals surface area (Å²) in [5.74, 6) is 0.375. The number of carbonyl (C=O) groups excluding carboxylic acids is 2. The van der Waals surface area contributed by atoms with Crippen LogP contribution in [0.3, 0.4) is 0 Å². The fourth-order valence-electron chi connectivity index (χ4n) is 3.58. The normalized spacial score (nSPS) is 16.9. The molecule has 28 heavy (non-hydrogen) atoms. The van der Waals surface area contributed by atoms with Crippen LogP contribution in [0.2, 0.25) is 5.02 Å². The lowest BCUT2D eigenvalue weighted by Gasteiger charge is -2.30. The smallest absolute Gasteiger partial charge is 0.253 e. The Morgan fingerprint density at radius 1 is 1.11 bits per heavy atom. The summed E-state index contributed by atoms with van der Waals surface area (Å²) in [6, 6.07) is 14.7. The number of amides is 2. The number of benzene rings is 2. The van der Waals surface area contributed by atoms with Gasteiger partial charge >= 0.3 is 0 Å². The van der Waals surface area contributed by atoms with Gasteiger partial charge in [-0.15, -0.1) is 0 Å². The van der Waals surface area contributed by atoms with Gasteiger partial charge < -0.3 is 15.0 Å². The summed E-state index contributed by atoms with van der Waals surface area (Å²) in [5.41, 5.74) is 1.47. The molecule has 2 aromatic carbocycles. The highest BCUT2D eigenvalue weighted by Gasteiger charge is 2.27. The van der Waals surface area contributed by atoms with Gasteiger partial charge in [-0.25, -0.2) is 0 Å². The molecule has 148 valence electrons. The van der Waals surface area contributed by atoms with Crippen LogP contribution >= 0.6 is 11.6 Å². The lowest BCUT2D eigenvalue weighted by molar-refractivity contribution is -0.132. The number of rotatable bonds is 5. The van der Waals surface area contributed by atoms with E-state index < -0.39 is 0 Å². The van der Waals surface area contributed by atoms with Crippen molar-refractivity contribution < 1.29 is 14.3 Å². The van der Waals surface area contributed by atoms with Gasteiger partial charge in [-0.05, 0) is 42.7 Å². The molecule has 6 heteroatoms. The van der Waals surface area contributed by atoms with Crippen molar-refractivity contribution >= 4 is 23.4 Å².